The topological polar surface area (TPSA) is 44.7 Å². The SMILES string of the molecule is CCNCc1c(F)cccc1N1CCC(OCCO)CC1. The number of ether oxygens (including phenoxy) is 1. The third-order valence-electron chi connectivity index (χ3n) is 3.87. The van der Waals surface area contributed by atoms with Gasteiger partial charge in [-0.15, -0.1) is 0 Å². The van der Waals surface area contributed by atoms with Crippen LogP contribution in [0.25, 0.3) is 0 Å². The lowest BCUT2D eigenvalue weighted by Crippen LogP contribution is -2.38. The molecule has 0 spiro atoms. The van der Waals surface area contributed by atoms with Gasteiger partial charge in [0.15, 0.2) is 0 Å². The van der Waals surface area contributed by atoms with Crippen molar-refractivity contribution in [2.75, 3.05) is 37.7 Å². The molecule has 0 unspecified atom stereocenters. The van der Waals surface area contributed by atoms with Gasteiger partial charge in [-0.2, -0.15) is 0 Å². The molecule has 0 amide bonds. The molecule has 0 aliphatic carbocycles. The normalized spacial score (nSPS) is 16.4. The summed E-state index contributed by atoms with van der Waals surface area (Å²) in [6.07, 6.45) is 2.04. The second-order valence-corrected chi connectivity index (χ2v) is 5.30. The van der Waals surface area contributed by atoms with E-state index in [0.717, 1.165) is 43.7 Å². The molecule has 1 aliphatic heterocycles. The number of nitrogens with one attached hydrogen (secondary N) is 1. The van der Waals surface area contributed by atoms with Crippen LogP contribution >= 0.6 is 0 Å². The van der Waals surface area contributed by atoms with Crippen LogP contribution in [0.4, 0.5) is 10.1 Å². The van der Waals surface area contributed by atoms with Gasteiger partial charge < -0.3 is 20.1 Å². The summed E-state index contributed by atoms with van der Waals surface area (Å²) in [4.78, 5) is 2.23. The first-order valence-corrected chi connectivity index (χ1v) is 7.71. The number of nitrogens with zero attached hydrogens (tertiary/aromatic N) is 1. The summed E-state index contributed by atoms with van der Waals surface area (Å²) in [5, 5.41) is 12.0. The molecule has 0 aromatic heterocycles. The highest BCUT2D eigenvalue weighted by Crippen LogP contribution is 2.27. The number of anilines is 1. The Labute approximate surface area is 125 Å². The van der Waals surface area contributed by atoms with Crippen LogP contribution in [0.5, 0.6) is 0 Å². The number of halogens is 1. The molecule has 0 atom stereocenters. The largest absolute Gasteiger partial charge is 0.394 e. The Kier molecular flexibility index (Phi) is 6.42. The molecule has 2 N–H and O–H groups in total. The maximum Gasteiger partial charge on any atom is 0.129 e. The van der Waals surface area contributed by atoms with E-state index in [9.17, 15) is 4.39 Å². The van der Waals surface area contributed by atoms with Crippen molar-refractivity contribution in [3.63, 3.8) is 0 Å². The van der Waals surface area contributed by atoms with E-state index in [2.05, 4.69) is 10.2 Å². The van der Waals surface area contributed by atoms with Gasteiger partial charge in [-0.3, -0.25) is 0 Å². The minimum Gasteiger partial charge on any atom is -0.394 e. The molecule has 0 saturated carbocycles. The Morgan fingerprint density at radius 1 is 1.38 bits per heavy atom. The van der Waals surface area contributed by atoms with Gasteiger partial charge in [0.1, 0.15) is 5.82 Å². The fraction of sp³-hybridized carbons (Fsp3) is 0.625. The van der Waals surface area contributed by atoms with Crippen molar-refractivity contribution in [3.8, 4) is 0 Å². The first kappa shape index (κ1) is 16.2. The van der Waals surface area contributed by atoms with Gasteiger partial charge in [0.05, 0.1) is 19.3 Å². The van der Waals surface area contributed by atoms with E-state index >= 15 is 0 Å². The number of aliphatic hydroxyl groups excluding tert-OH is 1. The molecule has 5 heteroatoms. The lowest BCUT2D eigenvalue weighted by Gasteiger charge is -2.34. The molecule has 1 aromatic carbocycles. The number of benzene rings is 1. The first-order valence-electron chi connectivity index (χ1n) is 7.71. The number of rotatable bonds is 7. The van der Waals surface area contributed by atoms with Crippen molar-refractivity contribution in [2.45, 2.75) is 32.4 Å². The molecule has 1 aromatic rings. The number of aliphatic hydroxyl groups is 1. The van der Waals surface area contributed by atoms with Gasteiger partial charge in [0.25, 0.3) is 0 Å². The zero-order chi connectivity index (χ0) is 15.1. The number of hydrogen-bond donors (Lipinski definition) is 2. The van der Waals surface area contributed by atoms with Crippen LogP contribution in [-0.4, -0.2) is 44.1 Å². The van der Waals surface area contributed by atoms with E-state index in [1.807, 2.05) is 13.0 Å². The quantitative estimate of drug-likeness (QED) is 0.807. The van der Waals surface area contributed by atoms with Gasteiger partial charge in [-0.1, -0.05) is 13.0 Å². The van der Waals surface area contributed by atoms with E-state index in [0.29, 0.717) is 13.2 Å². The van der Waals surface area contributed by atoms with Crippen LogP contribution in [0.2, 0.25) is 0 Å². The molecule has 118 valence electrons. The smallest absolute Gasteiger partial charge is 0.129 e. The Balaban J connectivity index is 2.01. The average molecular weight is 296 g/mol. The highest BCUT2D eigenvalue weighted by Gasteiger charge is 2.22. The molecule has 1 saturated heterocycles. The summed E-state index contributed by atoms with van der Waals surface area (Å²) in [6, 6.07) is 5.28. The monoisotopic (exact) mass is 296 g/mol. The van der Waals surface area contributed by atoms with Gasteiger partial charge in [-0.05, 0) is 31.5 Å². The molecule has 1 heterocycles. The summed E-state index contributed by atoms with van der Waals surface area (Å²) in [5.41, 5.74) is 1.73. The lowest BCUT2D eigenvalue weighted by molar-refractivity contribution is 0.0159. The van der Waals surface area contributed by atoms with E-state index in [-0.39, 0.29) is 18.5 Å². The summed E-state index contributed by atoms with van der Waals surface area (Å²) in [5.74, 6) is -0.146. The Hall–Kier alpha value is -1.17. The predicted molar refractivity (Wildman–Crippen MR) is 82.1 cm³/mol. The third kappa shape index (κ3) is 4.40. The van der Waals surface area contributed by atoms with E-state index in [1.54, 1.807) is 6.07 Å². The van der Waals surface area contributed by atoms with Crippen molar-refractivity contribution in [1.82, 2.24) is 5.32 Å². The molecule has 2 rings (SSSR count). The first-order chi connectivity index (χ1) is 10.3. The number of hydrogen-bond acceptors (Lipinski definition) is 4. The van der Waals surface area contributed by atoms with Crippen LogP contribution in [0.1, 0.15) is 25.3 Å². The Morgan fingerprint density at radius 3 is 2.81 bits per heavy atom. The highest BCUT2D eigenvalue weighted by atomic mass is 19.1. The van der Waals surface area contributed by atoms with E-state index in [1.165, 1.54) is 6.07 Å². The molecule has 0 bridgehead atoms. The Bertz CT molecular complexity index is 434. The molecular weight excluding hydrogens is 271 g/mol. The second kappa shape index (κ2) is 8.32. The standard InChI is InChI=1S/C16H25FN2O2/c1-2-18-12-14-15(17)4-3-5-16(14)19-8-6-13(7-9-19)21-11-10-20/h3-5,13,18,20H,2,6-12H2,1H3. The minimum absolute atomic E-state index is 0.0664. The second-order valence-electron chi connectivity index (χ2n) is 5.30. The van der Waals surface area contributed by atoms with Crippen molar-refractivity contribution in [3.05, 3.63) is 29.6 Å². The summed E-state index contributed by atoms with van der Waals surface area (Å²) < 4.78 is 19.6. The Morgan fingerprint density at radius 2 is 2.14 bits per heavy atom. The molecule has 21 heavy (non-hydrogen) atoms. The zero-order valence-corrected chi connectivity index (χ0v) is 12.6. The van der Waals surface area contributed by atoms with Crippen molar-refractivity contribution >= 4 is 5.69 Å². The van der Waals surface area contributed by atoms with Crippen molar-refractivity contribution in [1.29, 1.82) is 0 Å². The molecule has 0 radical (unpaired) electrons. The minimum atomic E-state index is -0.146. The van der Waals surface area contributed by atoms with Crippen LogP contribution in [0.15, 0.2) is 18.2 Å². The fourth-order valence-corrected chi connectivity index (χ4v) is 2.75. The van der Waals surface area contributed by atoms with Crippen LogP contribution in [0, 0.1) is 5.82 Å². The molecular formula is C16H25FN2O2. The third-order valence-corrected chi connectivity index (χ3v) is 3.87. The predicted octanol–water partition coefficient (Wildman–Crippen LogP) is 1.91. The summed E-state index contributed by atoms with van der Waals surface area (Å²) >= 11 is 0. The average Bonchev–Trinajstić information content (AvgIpc) is 2.52. The van der Waals surface area contributed by atoms with E-state index in [4.69, 9.17) is 9.84 Å². The van der Waals surface area contributed by atoms with Gasteiger partial charge in [-0.25, -0.2) is 4.39 Å². The zero-order valence-electron chi connectivity index (χ0n) is 12.6. The fourth-order valence-electron chi connectivity index (χ4n) is 2.75. The van der Waals surface area contributed by atoms with Crippen molar-refractivity contribution < 1.29 is 14.2 Å². The van der Waals surface area contributed by atoms with Gasteiger partial charge in [0, 0.05) is 30.9 Å². The number of piperidine rings is 1. The molecule has 1 fully saturated rings. The van der Waals surface area contributed by atoms with Gasteiger partial charge in [0.2, 0.25) is 0 Å². The maximum absolute atomic E-state index is 14.1. The molecule has 4 nitrogen and oxygen atoms in total. The lowest BCUT2D eigenvalue weighted by atomic mass is 10.0. The molecule has 1 aliphatic rings. The van der Waals surface area contributed by atoms with Crippen molar-refractivity contribution in [2.24, 2.45) is 0 Å². The van der Waals surface area contributed by atoms with E-state index < -0.39 is 0 Å². The summed E-state index contributed by atoms with van der Waals surface area (Å²) in [6.45, 7) is 5.58. The van der Waals surface area contributed by atoms with Gasteiger partial charge >= 0.3 is 0 Å². The van der Waals surface area contributed by atoms with Crippen LogP contribution in [-0.2, 0) is 11.3 Å². The van der Waals surface area contributed by atoms with Crippen LogP contribution in [0.3, 0.4) is 0 Å². The van der Waals surface area contributed by atoms with Crippen LogP contribution < -0.4 is 10.2 Å². The summed E-state index contributed by atoms with van der Waals surface area (Å²) in [7, 11) is 0. The highest BCUT2D eigenvalue weighted by molar-refractivity contribution is 5.54. The maximum atomic E-state index is 14.1.